The maximum absolute atomic E-state index is 12.5. The first-order valence-corrected chi connectivity index (χ1v) is 9.72. The van der Waals surface area contributed by atoms with Crippen LogP contribution in [0.25, 0.3) is 0 Å². The number of hydrogen-bond acceptors (Lipinski definition) is 4. The molecule has 1 saturated carbocycles. The van der Waals surface area contributed by atoms with Gasteiger partial charge in [0, 0.05) is 34.1 Å². The Morgan fingerprint density at radius 1 is 1.08 bits per heavy atom. The standard InChI is InChI=1S/C17H27N3O3S/c1-19(2)16-11-10-14(24(22,23)20(3)4)12-15(16)18-17(21)13-8-6-5-7-9-13/h10-13H,5-9H2,1-4H3,(H,18,21). The van der Waals surface area contributed by atoms with Gasteiger partial charge in [0.25, 0.3) is 0 Å². The van der Waals surface area contributed by atoms with Crippen LogP contribution in [0.3, 0.4) is 0 Å². The first kappa shape index (κ1) is 18.7. The number of nitrogens with one attached hydrogen (secondary N) is 1. The van der Waals surface area contributed by atoms with Gasteiger partial charge in [-0.15, -0.1) is 0 Å². The van der Waals surface area contributed by atoms with E-state index in [1.807, 2.05) is 19.0 Å². The van der Waals surface area contributed by atoms with Crippen molar-refractivity contribution in [3.8, 4) is 0 Å². The van der Waals surface area contributed by atoms with Crippen LogP contribution in [0.4, 0.5) is 11.4 Å². The lowest BCUT2D eigenvalue weighted by Crippen LogP contribution is -2.26. The molecule has 0 unspecified atom stereocenters. The van der Waals surface area contributed by atoms with Gasteiger partial charge in [-0.2, -0.15) is 0 Å². The molecule has 0 aliphatic heterocycles. The Labute approximate surface area is 144 Å². The number of rotatable bonds is 5. The third-order valence-corrected chi connectivity index (χ3v) is 6.27. The normalized spacial score (nSPS) is 16.2. The summed E-state index contributed by atoms with van der Waals surface area (Å²) < 4.78 is 25.9. The van der Waals surface area contributed by atoms with Gasteiger partial charge in [-0.1, -0.05) is 19.3 Å². The highest BCUT2D eigenvalue weighted by atomic mass is 32.2. The monoisotopic (exact) mass is 353 g/mol. The van der Waals surface area contributed by atoms with Gasteiger partial charge < -0.3 is 10.2 Å². The Kier molecular flexibility index (Phi) is 5.87. The van der Waals surface area contributed by atoms with Crippen LogP contribution < -0.4 is 10.2 Å². The number of carbonyl (C=O) groups excluding carboxylic acids is 1. The summed E-state index contributed by atoms with van der Waals surface area (Å²) in [5.74, 6) is 0.0000697. The topological polar surface area (TPSA) is 69.7 Å². The Morgan fingerprint density at radius 3 is 2.25 bits per heavy atom. The molecule has 0 bridgehead atoms. The van der Waals surface area contributed by atoms with Crippen molar-refractivity contribution in [3.63, 3.8) is 0 Å². The highest BCUT2D eigenvalue weighted by Gasteiger charge is 2.24. The largest absolute Gasteiger partial charge is 0.376 e. The van der Waals surface area contributed by atoms with E-state index >= 15 is 0 Å². The molecule has 1 aliphatic carbocycles. The van der Waals surface area contributed by atoms with Gasteiger partial charge >= 0.3 is 0 Å². The second kappa shape index (κ2) is 7.53. The van der Waals surface area contributed by atoms with Gasteiger partial charge in [0.1, 0.15) is 0 Å². The van der Waals surface area contributed by atoms with Crippen molar-refractivity contribution in [2.24, 2.45) is 5.92 Å². The summed E-state index contributed by atoms with van der Waals surface area (Å²) in [7, 11) is 3.19. The average Bonchev–Trinajstić information content (AvgIpc) is 2.55. The van der Waals surface area contributed by atoms with Gasteiger partial charge in [-0.3, -0.25) is 4.79 Å². The van der Waals surface area contributed by atoms with E-state index in [4.69, 9.17) is 0 Å². The minimum Gasteiger partial charge on any atom is -0.376 e. The highest BCUT2D eigenvalue weighted by molar-refractivity contribution is 7.89. The fraction of sp³-hybridized carbons (Fsp3) is 0.588. The van der Waals surface area contributed by atoms with Crippen LogP contribution >= 0.6 is 0 Å². The summed E-state index contributed by atoms with van der Waals surface area (Å²) in [6, 6.07) is 4.85. The fourth-order valence-corrected chi connectivity index (χ4v) is 3.90. The SMILES string of the molecule is CN(C)c1ccc(S(=O)(=O)N(C)C)cc1NC(=O)C1CCCCC1. The van der Waals surface area contributed by atoms with E-state index < -0.39 is 10.0 Å². The van der Waals surface area contributed by atoms with Crippen LogP contribution in [-0.2, 0) is 14.8 Å². The molecule has 6 nitrogen and oxygen atoms in total. The molecule has 1 amide bonds. The quantitative estimate of drug-likeness (QED) is 0.883. The molecule has 2 rings (SSSR count). The zero-order valence-corrected chi connectivity index (χ0v) is 15.7. The number of amides is 1. The molecule has 134 valence electrons. The van der Waals surface area contributed by atoms with Crippen LogP contribution in [0.1, 0.15) is 32.1 Å². The highest BCUT2D eigenvalue weighted by Crippen LogP contribution is 2.31. The van der Waals surface area contributed by atoms with Gasteiger partial charge in [-0.25, -0.2) is 12.7 Å². The Morgan fingerprint density at radius 2 is 1.71 bits per heavy atom. The second-order valence-corrected chi connectivity index (χ2v) is 8.84. The van der Waals surface area contributed by atoms with Gasteiger partial charge in [0.15, 0.2) is 0 Å². The van der Waals surface area contributed by atoms with E-state index in [0.29, 0.717) is 5.69 Å². The van der Waals surface area contributed by atoms with Crippen LogP contribution in [0.5, 0.6) is 0 Å². The lowest BCUT2D eigenvalue weighted by molar-refractivity contribution is -0.120. The molecule has 1 aliphatic rings. The molecule has 24 heavy (non-hydrogen) atoms. The van der Waals surface area contributed by atoms with E-state index in [9.17, 15) is 13.2 Å². The fourth-order valence-electron chi connectivity index (χ4n) is 2.98. The zero-order chi connectivity index (χ0) is 17.9. The second-order valence-electron chi connectivity index (χ2n) is 6.68. The molecular formula is C17H27N3O3S. The summed E-state index contributed by atoms with van der Waals surface area (Å²) in [4.78, 5) is 14.6. The molecule has 0 aromatic heterocycles. The predicted molar refractivity (Wildman–Crippen MR) is 96.8 cm³/mol. The van der Waals surface area contributed by atoms with Gasteiger partial charge in [0.05, 0.1) is 16.3 Å². The maximum atomic E-state index is 12.5. The van der Waals surface area contributed by atoms with E-state index in [1.54, 1.807) is 18.2 Å². The third kappa shape index (κ3) is 4.08. The number of anilines is 2. The maximum Gasteiger partial charge on any atom is 0.242 e. The molecule has 0 spiro atoms. The van der Waals surface area contributed by atoms with Crippen molar-refractivity contribution < 1.29 is 13.2 Å². The lowest BCUT2D eigenvalue weighted by Gasteiger charge is -2.24. The van der Waals surface area contributed by atoms with Crippen LogP contribution in [-0.4, -0.2) is 46.8 Å². The molecular weight excluding hydrogens is 326 g/mol. The van der Waals surface area contributed by atoms with E-state index in [1.165, 1.54) is 24.8 Å². The van der Waals surface area contributed by atoms with Gasteiger partial charge in [-0.05, 0) is 31.0 Å². The number of sulfonamides is 1. The van der Waals surface area contributed by atoms with Crippen molar-refractivity contribution in [1.29, 1.82) is 0 Å². The number of hydrogen-bond donors (Lipinski definition) is 1. The van der Waals surface area contributed by atoms with Gasteiger partial charge in [0.2, 0.25) is 15.9 Å². The molecule has 0 radical (unpaired) electrons. The number of benzene rings is 1. The summed E-state index contributed by atoms with van der Waals surface area (Å²) in [6.45, 7) is 0. The van der Waals surface area contributed by atoms with E-state index in [-0.39, 0.29) is 16.7 Å². The molecule has 7 heteroatoms. The molecule has 1 aromatic rings. The van der Waals surface area contributed by atoms with Crippen molar-refractivity contribution in [2.75, 3.05) is 38.4 Å². The Bertz CT molecular complexity index is 693. The predicted octanol–water partition coefficient (Wildman–Crippen LogP) is 2.52. The van der Waals surface area contributed by atoms with Crippen LogP contribution in [0.15, 0.2) is 23.1 Å². The number of nitrogens with zero attached hydrogens (tertiary/aromatic N) is 2. The molecule has 0 atom stereocenters. The average molecular weight is 353 g/mol. The summed E-state index contributed by atoms with van der Waals surface area (Å²) >= 11 is 0. The van der Waals surface area contributed by atoms with Crippen molar-refractivity contribution in [3.05, 3.63) is 18.2 Å². The summed E-state index contributed by atoms with van der Waals surface area (Å²) in [6.07, 6.45) is 5.14. The smallest absolute Gasteiger partial charge is 0.242 e. The first-order valence-electron chi connectivity index (χ1n) is 8.28. The van der Waals surface area contributed by atoms with Crippen LogP contribution in [0, 0.1) is 5.92 Å². The molecule has 1 N–H and O–H groups in total. The Balaban J connectivity index is 2.33. The minimum atomic E-state index is -3.54. The number of carbonyl (C=O) groups is 1. The lowest BCUT2D eigenvalue weighted by atomic mass is 9.88. The van der Waals surface area contributed by atoms with E-state index in [0.717, 1.165) is 31.4 Å². The summed E-state index contributed by atoms with van der Waals surface area (Å²) in [5.41, 5.74) is 1.33. The van der Waals surface area contributed by atoms with Crippen molar-refractivity contribution in [1.82, 2.24) is 4.31 Å². The third-order valence-electron chi connectivity index (χ3n) is 4.46. The molecule has 0 heterocycles. The summed E-state index contributed by atoms with van der Waals surface area (Å²) in [5, 5.41) is 2.95. The Hall–Kier alpha value is -1.60. The molecule has 1 aromatic carbocycles. The van der Waals surface area contributed by atoms with E-state index in [2.05, 4.69) is 5.32 Å². The van der Waals surface area contributed by atoms with Crippen LogP contribution in [0.2, 0.25) is 0 Å². The zero-order valence-electron chi connectivity index (χ0n) is 14.9. The molecule has 1 fully saturated rings. The van der Waals surface area contributed by atoms with Crippen molar-refractivity contribution >= 4 is 27.3 Å². The van der Waals surface area contributed by atoms with Crippen molar-refractivity contribution in [2.45, 2.75) is 37.0 Å². The minimum absolute atomic E-state index is 0.0165. The first-order chi connectivity index (χ1) is 11.2. The molecule has 0 saturated heterocycles.